The van der Waals surface area contributed by atoms with Gasteiger partial charge in [0.1, 0.15) is 18.1 Å². The molecule has 0 aromatic heterocycles. The number of aliphatic carboxylic acids is 1. The van der Waals surface area contributed by atoms with E-state index in [4.69, 9.17) is 5.73 Å². The van der Waals surface area contributed by atoms with E-state index in [1.54, 1.807) is 6.92 Å². The molecule has 3 amide bonds. The van der Waals surface area contributed by atoms with E-state index in [0.29, 0.717) is 25.8 Å². The van der Waals surface area contributed by atoms with Crippen molar-refractivity contribution in [1.29, 1.82) is 0 Å². The number of carboxylic acid groups (broad SMARTS) is 1. The minimum Gasteiger partial charge on any atom is -0.480 e. The number of nitrogens with one attached hydrogen (secondary N) is 2. The van der Waals surface area contributed by atoms with Crippen LogP contribution in [0.5, 0.6) is 0 Å². The summed E-state index contributed by atoms with van der Waals surface area (Å²) in [6.45, 7) is 6.76. The van der Waals surface area contributed by atoms with Gasteiger partial charge < -0.3 is 31.5 Å². The van der Waals surface area contributed by atoms with E-state index in [-0.39, 0.29) is 5.92 Å². The van der Waals surface area contributed by atoms with Gasteiger partial charge in [-0.15, -0.1) is 0 Å². The molecular formula is C18H32N4O6. The zero-order chi connectivity index (χ0) is 21.6. The molecule has 1 fully saturated rings. The third kappa shape index (κ3) is 5.90. The molecule has 0 radical (unpaired) electrons. The van der Waals surface area contributed by atoms with Crippen molar-refractivity contribution in [2.45, 2.75) is 77.2 Å². The van der Waals surface area contributed by atoms with Gasteiger partial charge in [-0.25, -0.2) is 4.79 Å². The molecule has 1 aliphatic rings. The van der Waals surface area contributed by atoms with E-state index < -0.39 is 54.0 Å². The molecule has 0 saturated carbocycles. The Kier molecular flexibility index (Phi) is 8.83. The lowest BCUT2D eigenvalue weighted by Gasteiger charge is -2.28. The average molecular weight is 400 g/mol. The number of carbonyl (C=O) groups excluding carboxylic acids is 3. The maximum absolute atomic E-state index is 12.5. The number of rotatable bonds is 9. The maximum atomic E-state index is 12.5. The largest absolute Gasteiger partial charge is 0.480 e. The van der Waals surface area contributed by atoms with Gasteiger partial charge in [-0.1, -0.05) is 20.3 Å². The van der Waals surface area contributed by atoms with E-state index in [9.17, 15) is 29.4 Å². The fraction of sp³-hybridized carbons (Fsp3) is 0.778. The molecule has 1 rings (SSSR count). The van der Waals surface area contributed by atoms with Gasteiger partial charge in [0.15, 0.2) is 0 Å². The zero-order valence-corrected chi connectivity index (χ0v) is 16.8. The van der Waals surface area contributed by atoms with Crippen molar-refractivity contribution < 1.29 is 29.4 Å². The third-order valence-electron chi connectivity index (χ3n) is 5.17. The summed E-state index contributed by atoms with van der Waals surface area (Å²) in [4.78, 5) is 49.8. The first-order chi connectivity index (χ1) is 13.0. The van der Waals surface area contributed by atoms with Crippen LogP contribution in [-0.2, 0) is 19.2 Å². The van der Waals surface area contributed by atoms with E-state index >= 15 is 0 Å². The number of likely N-dealkylation sites (tertiary alicyclic amines) is 1. The lowest BCUT2D eigenvalue weighted by Crippen LogP contribution is -2.59. The lowest BCUT2D eigenvalue weighted by atomic mass is 9.98. The predicted molar refractivity (Wildman–Crippen MR) is 101 cm³/mol. The van der Waals surface area contributed by atoms with Crippen molar-refractivity contribution in [2.24, 2.45) is 11.7 Å². The zero-order valence-electron chi connectivity index (χ0n) is 16.8. The highest BCUT2D eigenvalue weighted by Crippen LogP contribution is 2.18. The SMILES string of the molecule is CCC(C)C(N)C(=O)NC(C(=O)NC(C)C(=O)N1CCCC1C(=O)O)C(C)O. The van der Waals surface area contributed by atoms with E-state index in [1.165, 1.54) is 18.7 Å². The van der Waals surface area contributed by atoms with E-state index in [0.717, 1.165) is 0 Å². The predicted octanol–water partition coefficient (Wildman–Crippen LogP) is -1.19. The van der Waals surface area contributed by atoms with Gasteiger partial charge in [-0.05, 0) is 32.6 Å². The molecule has 160 valence electrons. The number of carbonyl (C=O) groups is 4. The van der Waals surface area contributed by atoms with Gasteiger partial charge in [0, 0.05) is 6.54 Å². The number of aliphatic hydroxyl groups excluding tert-OH is 1. The molecule has 1 aliphatic heterocycles. The Hall–Kier alpha value is -2.20. The summed E-state index contributed by atoms with van der Waals surface area (Å²) in [5, 5.41) is 24.0. The number of nitrogens with zero attached hydrogens (tertiary/aromatic N) is 1. The monoisotopic (exact) mass is 400 g/mol. The van der Waals surface area contributed by atoms with Crippen LogP contribution in [0.4, 0.5) is 0 Å². The van der Waals surface area contributed by atoms with Crippen LogP contribution in [0.3, 0.4) is 0 Å². The summed E-state index contributed by atoms with van der Waals surface area (Å²) < 4.78 is 0. The minimum atomic E-state index is -1.29. The molecule has 6 N–H and O–H groups in total. The Morgan fingerprint density at radius 1 is 1.14 bits per heavy atom. The first-order valence-corrected chi connectivity index (χ1v) is 9.58. The van der Waals surface area contributed by atoms with Crippen LogP contribution in [0, 0.1) is 5.92 Å². The summed E-state index contributed by atoms with van der Waals surface area (Å²) in [5.41, 5.74) is 5.85. The molecule has 0 aromatic rings. The lowest BCUT2D eigenvalue weighted by molar-refractivity contribution is -0.149. The number of carboxylic acids is 1. The summed E-state index contributed by atoms with van der Waals surface area (Å²) in [6, 6.07) is -4.03. The van der Waals surface area contributed by atoms with Crippen LogP contribution < -0.4 is 16.4 Å². The topological polar surface area (TPSA) is 162 Å². The summed E-state index contributed by atoms with van der Waals surface area (Å²) >= 11 is 0. The minimum absolute atomic E-state index is 0.110. The molecule has 0 spiro atoms. The van der Waals surface area contributed by atoms with Crippen molar-refractivity contribution >= 4 is 23.7 Å². The first kappa shape index (κ1) is 23.8. The summed E-state index contributed by atoms with van der Waals surface area (Å²) in [5.74, 6) is -3.03. The Balaban J connectivity index is 2.76. The molecule has 6 unspecified atom stereocenters. The van der Waals surface area contributed by atoms with Crippen molar-refractivity contribution in [3.05, 3.63) is 0 Å². The number of hydrogen-bond acceptors (Lipinski definition) is 6. The molecule has 1 heterocycles. The molecule has 0 bridgehead atoms. The Morgan fingerprint density at radius 3 is 2.25 bits per heavy atom. The fourth-order valence-corrected chi connectivity index (χ4v) is 3.07. The third-order valence-corrected chi connectivity index (χ3v) is 5.17. The number of nitrogens with two attached hydrogens (primary N) is 1. The van der Waals surface area contributed by atoms with Crippen LogP contribution in [0.25, 0.3) is 0 Å². The van der Waals surface area contributed by atoms with Crippen LogP contribution in [-0.4, -0.2) is 75.6 Å². The van der Waals surface area contributed by atoms with Gasteiger partial charge in [0.05, 0.1) is 12.1 Å². The van der Waals surface area contributed by atoms with E-state index in [1.807, 2.05) is 6.92 Å². The molecule has 10 nitrogen and oxygen atoms in total. The van der Waals surface area contributed by atoms with Crippen molar-refractivity contribution in [1.82, 2.24) is 15.5 Å². The van der Waals surface area contributed by atoms with Gasteiger partial charge in [-0.3, -0.25) is 14.4 Å². The van der Waals surface area contributed by atoms with Gasteiger partial charge >= 0.3 is 5.97 Å². The van der Waals surface area contributed by atoms with Crippen LogP contribution in [0.1, 0.15) is 47.0 Å². The van der Waals surface area contributed by atoms with Crippen LogP contribution in [0.2, 0.25) is 0 Å². The smallest absolute Gasteiger partial charge is 0.326 e. The molecular weight excluding hydrogens is 368 g/mol. The highest BCUT2D eigenvalue weighted by atomic mass is 16.4. The molecule has 10 heteroatoms. The second kappa shape index (κ2) is 10.4. The highest BCUT2D eigenvalue weighted by molar-refractivity contribution is 5.94. The summed E-state index contributed by atoms with van der Waals surface area (Å²) in [6.07, 6.45) is 0.394. The van der Waals surface area contributed by atoms with E-state index in [2.05, 4.69) is 10.6 Å². The Morgan fingerprint density at radius 2 is 1.75 bits per heavy atom. The quantitative estimate of drug-likeness (QED) is 0.325. The molecule has 6 atom stereocenters. The standard InChI is InChI=1S/C18H32N4O6/c1-5-9(2)13(19)15(24)21-14(11(4)23)16(25)20-10(3)17(26)22-8-6-7-12(22)18(27)28/h9-14,23H,5-8,19H2,1-4H3,(H,20,25)(H,21,24)(H,27,28). The van der Waals surface area contributed by atoms with Gasteiger partial charge in [0.25, 0.3) is 0 Å². The fourth-order valence-electron chi connectivity index (χ4n) is 3.07. The average Bonchev–Trinajstić information content (AvgIpc) is 3.13. The number of hydrogen-bond donors (Lipinski definition) is 5. The Labute approximate surface area is 164 Å². The molecule has 0 aliphatic carbocycles. The van der Waals surface area contributed by atoms with Crippen LogP contribution >= 0.6 is 0 Å². The second-order valence-corrected chi connectivity index (χ2v) is 7.40. The van der Waals surface area contributed by atoms with Crippen LogP contribution in [0.15, 0.2) is 0 Å². The summed E-state index contributed by atoms with van der Waals surface area (Å²) in [7, 11) is 0. The Bertz CT molecular complexity index is 597. The van der Waals surface area contributed by atoms with Gasteiger partial charge in [0.2, 0.25) is 17.7 Å². The van der Waals surface area contributed by atoms with Crippen molar-refractivity contribution in [2.75, 3.05) is 6.54 Å². The number of aliphatic hydroxyl groups is 1. The van der Waals surface area contributed by atoms with Crippen molar-refractivity contribution in [3.8, 4) is 0 Å². The normalized spacial score (nSPS) is 21.9. The van der Waals surface area contributed by atoms with Crippen molar-refractivity contribution in [3.63, 3.8) is 0 Å². The molecule has 28 heavy (non-hydrogen) atoms. The molecule has 1 saturated heterocycles. The first-order valence-electron chi connectivity index (χ1n) is 9.58. The molecule has 0 aromatic carbocycles. The second-order valence-electron chi connectivity index (χ2n) is 7.40. The highest BCUT2D eigenvalue weighted by Gasteiger charge is 2.37. The number of amides is 3. The van der Waals surface area contributed by atoms with Gasteiger partial charge in [-0.2, -0.15) is 0 Å². The maximum Gasteiger partial charge on any atom is 0.326 e.